The van der Waals surface area contributed by atoms with Crippen LogP contribution in [0.4, 0.5) is 0 Å². The highest BCUT2D eigenvalue weighted by Gasteiger charge is 2.26. The third-order valence-electron chi connectivity index (χ3n) is 6.01. The van der Waals surface area contributed by atoms with Crippen LogP contribution in [0, 0.1) is 6.92 Å². The summed E-state index contributed by atoms with van der Waals surface area (Å²) >= 11 is 3.70. The van der Waals surface area contributed by atoms with Crippen molar-refractivity contribution in [3.63, 3.8) is 0 Å². The van der Waals surface area contributed by atoms with Gasteiger partial charge in [-0.25, -0.2) is 4.68 Å². The van der Waals surface area contributed by atoms with Gasteiger partial charge in [0, 0.05) is 29.2 Å². The summed E-state index contributed by atoms with van der Waals surface area (Å²) in [7, 11) is 0. The first-order chi connectivity index (χ1) is 14.8. The minimum Gasteiger partial charge on any atom is -0.291 e. The molecule has 4 aromatic rings. The third kappa shape index (κ3) is 4.02. The second-order valence-corrected chi connectivity index (χ2v) is 9.96. The van der Waals surface area contributed by atoms with Crippen molar-refractivity contribution in [1.82, 2.24) is 14.7 Å². The molecule has 0 N–H and O–H groups in total. The van der Waals surface area contributed by atoms with E-state index < -0.39 is 0 Å². The van der Waals surface area contributed by atoms with Crippen LogP contribution in [0.15, 0.2) is 65.5 Å². The molecular weight excluding hydrogens is 406 g/mol. The summed E-state index contributed by atoms with van der Waals surface area (Å²) in [5.74, 6) is 0. The first-order valence-electron chi connectivity index (χ1n) is 10.8. The van der Waals surface area contributed by atoms with Crippen LogP contribution < -0.4 is 0 Å². The molecule has 5 heteroatoms. The van der Waals surface area contributed by atoms with E-state index in [4.69, 9.17) is 5.10 Å². The van der Waals surface area contributed by atoms with Crippen LogP contribution in [0.1, 0.15) is 47.7 Å². The number of thiophene rings is 2. The molecule has 1 fully saturated rings. The van der Waals surface area contributed by atoms with E-state index >= 15 is 0 Å². The van der Waals surface area contributed by atoms with Gasteiger partial charge >= 0.3 is 0 Å². The van der Waals surface area contributed by atoms with E-state index in [1.54, 1.807) is 16.2 Å². The Bertz CT molecular complexity index is 1080. The number of hydrogen-bond donors (Lipinski definition) is 0. The molecule has 1 aliphatic heterocycles. The van der Waals surface area contributed by atoms with E-state index in [0.717, 1.165) is 24.5 Å². The average Bonchev–Trinajstić information content (AvgIpc) is 3.49. The molecule has 0 spiro atoms. The molecule has 0 unspecified atom stereocenters. The van der Waals surface area contributed by atoms with Crippen LogP contribution in [0.2, 0.25) is 0 Å². The molecule has 0 amide bonds. The highest BCUT2D eigenvalue weighted by Crippen LogP contribution is 2.37. The molecule has 1 aromatic carbocycles. The Morgan fingerprint density at radius 1 is 0.967 bits per heavy atom. The van der Waals surface area contributed by atoms with Gasteiger partial charge < -0.3 is 0 Å². The summed E-state index contributed by atoms with van der Waals surface area (Å²) in [4.78, 5) is 5.50. The third-order valence-corrected chi connectivity index (χ3v) is 8.00. The molecule has 0 aliphatic carbocycles. The SMILES string of the molecule is Cc1ccsc1[C@H]1CCCCCN1Cc1cn(-c2ccccc2)nc1-c1cccs1. The fourth-order valence-corrected chi connectivity index (χ4v) is 6.30. The zero-order valence-corrected chi connectivity index (χ0v) is 19.0. The summed E-state index contributed by atoms with van der Waals surface area (Å²) in [5.41, 5.74) is 5.00. The van der Waals surface area contributed by atoms with E-state index in [-0.39, 0.29) is 0 Å². The van der Waals surface area contributed by atoms with Gasteiger partial charge in [0.05, 0.1) is 10.6 Å². The van der Waals surface area contributed by atoms with Gasteiger partial charge in [0.15, 0.2) is 0 Å². The van der Waals surface area contributed by atoms with Crippen molar-refractivity contribution in [3.05, 3.63) is 81.5 Å². The first kappa shape index (κ1) is 19.7. The number of aromatic nitrogens is 2. The fraction of sp³-hybridized carbons (Fsp3) is 0.320. The summed E-state index contributed by atoms with van der Waals surface area (Å²) in [5, 5.41) is 9.41. The van der Waals surface area contributed by atoms with Crippen molar-refractivity contribution in [2.45, 2.75) is 45.2 Å². The highest BCUT2D eigenvalue weighted by molar-refractivity contribution is 7.13. The molecule has 3 nitrogen and oxygen atoms in total. The lowest BCUT2D eigenvalue weighted by Gasteiger charge is -2.29. The number of para-hydroxylation sites is 1. The van der Waals surface area contributed by atoms with E-state index in [2.05, 4.69) is 77.3 Å². The summed E-state index contributed by atoms with van der Waals surface area (Å²) < 4.78 is 2.05. The smallest absolute Gasteiger partial charge is 0.107 e. The van der Waals surface area contributed by atoms with Crippen LogP contribution in [-0.2, 0) is 6.54 Å². The quantitative estimate of drug-likeness (QED) is 0.335. The van der Waals surface area contributed by atoms with E-state index in [1.807, 2.05) is 16.0 Å². The Labute approximate surface area is 186 Å². The van der Waals surface area contributed by atoms with Crippen molar-refractivity contribution in [1.29, 1.82) is 0 Å². The van der Waals surface area contributed by atoms with Crippen LogP contribution >= 0.6 is 22.7 Å². The van der Waals surface area contributed by atoms with Crippen LogP contribution in [0.25, 0.3) is 16.3 Å². The molecule has 1 aliphatic rings. The van der Waals surface area contributed by atoms with Crippen LogP contribution in [0.3, 0.4) is 0 Å². The monoisotopic (exact) mass is 433 g/mol. The normalized spacial score (nSPS) is 17.8. The predicted octanol–water partition coefficient (Wildman–Crippen LogP) is 7.09. The maximum atomic E-state index is 5.02. The summed E-state index contributed by atoms with van der Waals surface area (Å²) in [6.07, 6.45) is 7.43. The van der Waals surface area contributed by atoms with Crippen molar-refractivity contribution in [3.8, 4) is 16.3 Å². The lowest BCUT2D eigenvalue weighted by Crippen LogP contribution is -2.28. The topological polar surface area (TPSA) is 21.1 Å². The standard InChI is InChI=1S/C25H27N3S2/c1-19-13-16-30-25(19)22-11-6-3-7-14-27(22)17-20-18-28(21-9-4-2-5-10-21)26-24(20)23-12-8-15-29-23/h2,4-5,8-10,12-13,15-16,18,22H,3,6-7,11,14,17H2,1H3/t22-/m1/s1. The fourth-order valence-electron chi connectivity index (χ4n) is 4.46. The Kier molecular flexibility index (Phi) is 5.84. The highest BCUT2D eigenvalue weighted by atomic mass is 32.1. The van der Waals surface area contributed by atoms with Gasteiger partial charge in [-0.15, -0.1) is 22.7 Å². The van der Waals surface area contributed by atoms with Gasteiger partial charge in [-0.2, -0.15) is 5.10 Å². The molecule has 0 radical (unpaired) electrons. The van der Waals surface area contributed by atoms with E-state index in [1.165, 1.54) is 41.7 Å². The largest absolute Gasteiger partial charge is 0.291 e. The molecule has 4 heterocycles. The second-order valence-electron chi connectivity index (χ2n) is 8.06. The van der Waals surface area contributed by atoms with Gasteiger partial charge in [-0.3, -0.25) is 4.90 Å². The van der Waals surface area contributed by atoms with Gasteiger partial charge in [-0.05, 0) is 66.9 Å². The van der Waals surface area contributed by atoms with E-state index in [9.17, 15) is 0 Å². The van der Waals surface area contributed by atoms with Crippen molar-refractivity contribution < 1.29 is 0 Å². The minimum absolute atomic E-state index is 0.517. The summed E-state index contributed by atoms with van der Waals surface area (Å²) in [6, 6.07) is 17.6. The maximum Gasteiger partial charge on any atom is 0.107 e. The Hall–Kier alpha value is -2.21. The van der Waals surface area contributed by atoms with Crippen molar-refractivity contribution >= 4 is 22.7 Å². The molecule has 1 saturated heterocycles. The number of nitrogens with zero attached hydrogens (tertiary/aromatic N) is 3. The lowest BCUT2D eigenvalue weighted by molar-refractivity contribution is 0.195. The van der Waals surface area contributed by atoms with Gasteiger partial charge in [0.1, 0.15) is 5.69 Å². The number of hydrogen-bond acceptors (Lipinski definition) is 4. The number of benzene rings is 1. The molecule has 154 valence electrons. The van der Waals surface area contributed by atoms with Crippen molar-refractivity contribution in [2.75, 3.05) is 6.54 Å². The Morgan fingerprint density at radius 3 is 2.63 bits per heavy atom. The van der Waals surface area contributed by atoms with Crippen molar-refractivity contribution in [2.24, 2.45) is 0 Å². The zero-order valence-electron chi connectivity index (χ0n) is 17.3. The van der Waals surface area contributed by atoms with Gasteiger partial charge in [0.2, 0.25) is 0 Å². The Balaban J connectivity index is 1.52. The molecular formula is C25H27N3S2. The maximum absolute atomic E-state index is 5.02. The molecule has 0 saturated carbocycles. The number of aryl methyl sites for hydroxylation is 1. The number of likely N-dealkylation sites (tertiary alicyclic amines) is 1. The van der Waals surface area contributed by atoms with Gasteiger partial charge in [-0.1, -0.05) is 37.1 Å². The summed E-state index contributed by atoms with van der Waals surface area (Å²) in [6.45, 7) is 4.36. The Morgan fingerprint density at radius 2 is 1.87 bits per heavy atom. The molecule has 0 bridgehead atoms. The number of rotatable bonds is 5. The van der Waals surface area contributed by atoms with Crippen LogP contribution in [0.5, 0.6) is 0 Å². The molecule has 30 heavy (non-hydrogen) atoms. The average molecular weight is 434 g/mol. The molecule has 1 atom stereocenters. The molecule has 3 aromatic heterocycles. The first-order valence-corrected chi connectivity index (χ1v) is 12.5. The van der Waals surface area contributed by atoms with E-state index in [0.29, 0.717) is 6.04 Å². The lowest BCUT2D eigenvalue weighted by atomic mass is 10.0. The van der Waals surface area contributed by atoms with Gasteiger partial charge in [0.25, 0.3) is 0 Å². The zero-order chi connectivity index (χ0) is 20.3. The minimum atomic E-state index is 0.517. The molecule has 5 rings (SSSR count). The second kappa shape index (κ2) is 8.88. The predicted molar refractivity (Wildman–Crippen MR) is 128 cm³/mol. The van der Waals surface area contributed by atoms with Crippen LogP contribution in [-0.4, -0.2) is 21.2 Å².